The minimum atomic E-state index is -0.719. The van der Waals surface area contributed by atoms with E-state index < -0.39 is 11.4 Å². The van der Waals surface area contributed by atoms with Crippen LogP contribution in [0.5, 0.6) is 0 Å². The lowest BCUT2D eigenvalue weighted by atomic mass is 9.73. The Hall–Kier alpha value is -4.06. The summed E-state index contributed by atoms with van der Waals surface area (Å²) in [4.78, 5) is 40.1. The fourth-order valence-corrected chi connectivity index (χ4v) is 6.20. The molecule has 1 aliphatic heterocycles. The number of hydrogen-bond acceptors (Lipinski definition) is 8. The number of anilines is 2. The lowest BCUT2D eigenvalue weighted by Crippen LogP contribution is -2.48. The van der Waals surface area contributed by atoms with Crippen molar-refractivity contribution in [2.24, 2.45) is 5.41 Å². The van der Waals surface area contributed by atoms with Crippen LogP contribution >= 0.6 is 11.6 Å². The van der Waals surface area contributed by atoms with Gasteiger partial charge in [-0.15, -0.1) is 0 Å². The lowest BCUT2D eigenvalue weighted by Gasteiger charge is -2.42. The SMILES string of the molecule is C[C@]1(C(=O)O)CC[C@H](N2CCO[C@@H](c3ncc4c(N)nc(-c5ccc(C(=O)Nc6ccccn6)cc5)c(Cl)n34)C2)CC1. The highest BCUT2D eigenvalue weighted by Crippen LogP contribution is 2.39. The standard InChI is InChI=1S/C30H32ClN7O4/c1-30(29(40)41)11-9-20(10-12-30)37-14-15-42-22(17-37)27-34-16-21-26(32)36-24(25(31)38(21)27)18-5-7-19(8-6-18)28(39)35-23-4-2-3-13-33-23/h2-8,13,16,20,22H,9-12,14-15,17H2,1H3,(H2,32,36)(H,40,41)(H,33,35,39)/t20-,22-,30-/m1/s1. The second-order valence-corrected chi connectivity index (χ2v) is 11.5. The first kappa shape index (κ1) is 28.1. The van der Waals surface area contributed by atoms with E-state index in [0.717, 1.165) is 19.4 Å². The summed E-state index contributed by atoms with van der Waals surface area (Å²) in [7, 11) is 0. The number of hydrogen-bond donors (Lipinski definition) is 3. The minimum Gasteiger partial charge on any atom is -0.481 e. The third-order valence-electron chi connectivity index (χ3n) is 8.48. The zero-order valence-electron chi connectivity index (χ0n) is 23.2. The van der Waals surface area contributed by atoms with Crippen LogP contribution in [0.1, 0.15) is 54.9 Å². The van der Waals surface area contributed by atoms with E-state index in [9.17, 15) is 14.7 Å². The highest BCUT2D eigenvalue weighted by atomic mass is 35.5. The van der Waals surface area contributed by atoms with Crippen molar-refractivity contribution in [1.82, 2.24) is 24.3 Å². The molecule has 2 fully saturated rings. The summed E-state index contributed by atoms with van der Waals surface area (Å²) in [6.45, 7) is 3.75. The number of carbonyl (C=O) groups excluding carboxylic acids is 1. The highest BCUT2D eigenvalue weighted by molar-refractivity contribution is 6.32. The van der Waals surface area contributed by atoms with Crippen LogP contribution in [0.25, 0.3) is 16.8 Å². The third kappa shape index (κ3) is 5.31. The Kier molecular flexibility index (Phi) is 7.56. The number of morpholine rings is 1. The van der Waals surface area contributed by atoms with Crippen molar-refractivity contribution in [1.29, 1.82) is 0 Å². The van der Waals surface area contributed by atoms with Gasteiger partial charge in [0.2, 0.25) is 0 Å². The molecule has 1 amide bonds. The van der Waals surface area contributed by atoms with E-state index in [4.69, 9.17) is 22.1 Å². The van der Waals surface area contributed by atoms with Gasteiger partial charge in [-0.25, -0.2) is 15.0 Å². The molecule has 0 bridgehead atoms. The van der Waals surface area contributed by atoms with Gasteiger partial charge in [-0.3, -0.25) is 18.9 Å². The number of nitrogens with zero attached hydrogens (tertiary/aromatic N) is 5. The molecule has 0 spiro atoms. The summed E-state index contributed by atoms with van der Waals surface area (Å²) in [6.07, 6.45) is 5.88. The molecule has 218 valence electrons. The Morgan fingerprint density at radius 3 is 2.60 bits per heavy atom. The molecule has 11 nitrogen and oxygen atoms in total. The molecule has 42 heavy (non-hydrogen) atoms. The number of benzene rings is 1. The van der Waals surface area contributed by atoms with Crippen LogP contribution in [0.15, 0.2) is 54.9 Å². The van der Waals surface area contributed by atoms with Gasteiger partial charge in [0.15, 0.2) is 0 Å². The molecule has 3 aromatic heterocycles. The second kappa shape index (κ2) is 11.3. The predicted molar refractivity (Wildman–Crippen MR) is 158 cm³/mol. The number of ether oxygens (including phenoxy) is 1. The van der Waals surface area contributed by atoms with Gasteiger partial charge in [-0.2, -0.15) is 0 Å². The molecule has 1 saturated carbocycles. The number of aromatic nitrogens is 4. The van der Waals surface area contributed by atoms with Gasteiger partial charge in [0.1, 0.15) is 39.9 Å². The quantitative estimate of drug-likeness (QED) is 0.291. The number of nitrogens with one attached hydrogen (secondary N) is 1. The summed E-state index contributed by atoms with van der Waals surface area (Å²) in [6, 6.07) is 12.5. The van der Waals surface area contributed by atoms with E-state index >= 15 is 0 Å². The van der Waals surface area contributed by atoms with Gasteiger partial charge < -0.3 is 20.9 Å². The average molecular weight is 590 g/mol. The first-order valence-corrected chi connectivity index (χ1v) is 14.4. The fraction of sp³-hybridized carbons (Fsp3) is 0.367. The monoisotopic (exact) mass is 589 g/mol. The summed E-state index contributed by atoms with van der Waals surface area (Å²) in [5.74, 6) is 0.373. The molecule has 6 rings (SSSR count). The van der Waals surface area contributed by atoms with Crippen molar-refractivity contribution in [3.63, 3.8) is 0 Å². The molecule has 1 aromatic carbocycles. The first-order valence-electron chi connectivity index (χ1n) is 14.0. The molecule has 0 radical (unpaired) electrons. The van der Waals surface area contributed by atoms with Crippen molar-refractivity contribution in [3.05, 3.63) is 71.4 Å². The normalized spacial score (nSPS) is 23.1. The number of pyridine rings is 1. The van der Waals surface area contributed by atoms with Crippen LogP contribution < -0.4 is 11.1 Å². The molecule has 1 aliphatic carbocycles. The van der Waals surface area contributed by atoms with Crippen molar-refractivity contribution in [3.8, 4) is 11.3 Å². The largest absolute Gasteiger partial charge is 0.481 e. The van der Waals surface area contributed by atoms with Crippen LogP contribution in [-0.4, -0.2) is 67.0 Å². The second-order valence-electron chi connectivity index (χ2n) is 11.2. The van der Waals surface area contributed by atoms with E-state index in [1.165, 1.54) is 0 Å². The Bertz CT molecular complexity index is 1620. The molecule has 12 heteroatoms. The van der Waals surface area contributed by atoms with Crippen molar-refractivity contribution in [2.75, 3.05) is 30.7 Å². The molecule has 4 aromatic rings. The molecule has 4 N–H and O–H groups in total. The van der Waals surface area contributed by atoms with Crippen molar-refractivity contribution in [2.45, 2.75) is 44.8 Å². The first-order chi connectivity index (χ1) is 20.2. The van der Waals surface area contributed by atoms with Gasteiger partial charge in [0.05, 0.1) is 18.2 Å². The molecular formula is C30H32ClN7O4. The van der Waals surface area contributed by atoms with Gasteiger partial charge in [-0.05, 0) is 56.9 Å². The number of halogens is 1. The van der Waals surface area contributed by atoms with Crippen molar-refractivity contribution < 1.29 is 19.4 Å². The maximum atomic E-state index is 12.7. The number of amides is 1. The number of aliphatic carboxylic acids is 1. The zero-order valence-corrected chi connectivity index (χ0v) is 23.9. The highest BCUT2D eigenvalue weighted by Gasteiger charge is 2.40. The van der Waals surface area contributed by atoms with E-state index in [2.05, 4.69) is 25.2 Å². The number of nitrogen functional groups attached to an aromatic ring is 1. The Balaban J connectivity index is 1.23. The Labute approximate surface area is 247 Å². The summed E-state index contributed by atoms with van der Waals surface area (Å²) in [5, 5.41) is 12.7. The predicted octanol–water partition coefficient (Wildman–Crippen LogP) is 4.69. The van der Waals surface area contributed by atoms with Crippen LogP contribution in [0, 0.1) is 5.41 Å². The van der Waals surface area contributed by atoms with Gasteiger partial charge in [0.25, 0.3) is 5.91 Å². The molecule has 4 heterocycles. The van der Waals surface area contributed by atoms with Gasteiger partial charge in [-0.1, -0.05) is 29.8 Å². The summed E-state index contributed by atoms with van der Waals surface area (Å²) >= 11 is 6.96. The molecular weight excluding hydrogens is 558 g/mol. The molecule has 1 atom stereocenters. The van der Waals surface area contributed by atoms with E-state index in [1.54, 1.807) is 59.3 Å². The fourth-order valence-electron chi connectivity index (χ4n) is 5.87. The molecule has 0 unspecified atom stereocenters. The van der Waals surface area contributed by atoms with Gasteiger partial charge in [0, 0.05) is 36.5 Å². The molecule has 2 aliphatic rings. The maximum absolute atomic E-state index is 12.7. The smallest absolute Gasteiger partial charge is 0.309 e. The van der Waals surface area contributed by atoms with Crippen LogP contribution in [0.3, 0.4) is 0 Å². The topological polar surface area (TPSA) is 148 Å². The summed E-state index contributed by atoms with van der Waals surface area (Å²) < 4.78 is 7.96. The van der Waals surface area contributed by atoms with Gasteiger partial charge >= 0.3 is 5.97 Å². The van der Waals surface area contributed by atoms with E-state index in [1.807, 2.05) is 6.92 Å². The van der Waals surface area contributed by atoms with E-state index in [0.29, 0.717) is 71.2 Å². The maximum Gasteiger partial charge on any atom is 0.309 e. The van der Waals surface area contributed by atoms with E-state index in [-0.39, 0.29) is 17.8 Å². The minimum absolute atomic E-state index is 0.276. The number of nitrogens with two attached hydrogens (primary N) is 1. The van der Waals surface area contributed by atoms with Crippen LogP contribution in [0.2, 0.25) is 5.15 Å². The number of fused-ring (bicyclic) bond motifs is 1. The number of rotatable bonds is 6. The Morgan fingerprint density at radius 2 is 1.90 bits per heavy atom. The van der Waals surface area contributed by atoms with Crippen LogP contribution in [-0.2, 0) is 9.53 Å². The number of carboxylic acid groups (broad SMARTS) is 1. The number of imidazole rings is 1. The molecule has 1 saturated heterocycles. The zero-order chi connectivity index (χ0) is 29.4. The average Bonchev–Trinajstić information content (AvgIpc) is 3.46. The third-order valence-corrected chi connectivity index (χ3v) is 8.83. The number of carboxylic acids is 1. The Morgan fingerprint density at radius 1 is 1.14 bits per heavy atom. The van der Waals surface area contributed by atoms with Crippen molar-refractivity contribution >= 4 is 40.6 Å². The number of carbonyl (C=O) groups is 2. The lowest BCUT2D eigenvalue weighted by molar-refractivity contribution is -0.151. The summed E-state index contributed by atoms with van der Waals surface area (Å²) in [5.41, 5.74) is 7.91. The van der Waals surface area contributed by atoms with Crippen LogP contribution in [0.4, 0.5) is 11.6 Å².